The number of aliphatic hydroxyl groups excluding tert-OH is 2. The van der Waals surface area contributed by atoms with E-state index in [0.717, 1.165) is 18.4 Å². The number of carbonyl (C=O) groups excluding carboxylic acids is 1. The number of fused-ring (bicyclic) bond motifs is 5. The zero-order valence-corrected chi connectivity index (χ0v) is 21.0. The summed E-state index contributed by atoms with van der Waals surface area (Å²) in [5, 5.41) is 55.0. The van der Waals surface area contributed by atoms with Gasteiger partial charge in [0.25, 0.3) is 0 Å². The first kappa shape index (κ1) is 25.3. The van der Waals surface area contributed by atoms with Crippen molar-refractivity contribution in [3.8, 4) is 0 Å². The van der Waals surface area contributed by atoms with E-state index in [4.69, 9.17) is 0 Å². The summed E-state index contributed by atoms with van der Waals surface area (Å²) >= 11 is 0. The van der Waals surface area contributed by atoms with Crippen molar-refractivity contribution in [1.29, 1.82) is 0 Å². The Labute approximate surface area is 198 Å². The van der Waals surface area contributed by atoms with Gasteiger partial charge in [0.1, 0.15) is 0 Å². The maximum absolute atomic E-state index is 13.2. The van der Waals surface area contributed by atoms with Crippen molar-refractivity contribution in [2.75, 3.05) is 0 Å². The van der Waals surface area contributed by atoms with E-state index in [9.17, 15) is 30.3 Å². The van der Waals surface area contributed by atoms with Crippen LogP contribution in [0.4, 0.5) is 0 Å². The van der Waals surface area contributed by atoms with Crippen molar-refractivity contribution >= 4 is 5.78 Å². The van der Waals surface area contributed by atoms with Gasteiger partial charge in [-0.15, -0.1) is 0 Å². The smallest absolute Gasteiger partial charge is 0.159 e. The molecule has 0 aromatic carbocycles. The number of hydrogen-bond acceptors (Lipinski definition) is 6. The van der Waals surface area contributed by atoms with Crippen LogP contribution in [0.1, 0.15) is 92.4 Å². The van der Waals surface area contributed by atoms with Crippen molar-refractivity contribution in [1.82, 2.24) is 0 Å². The lowest BCUT2D eigenvalue weighted by Gasteiger charge is -2.60. The van der Waals surface area contributed by atoms with Gasteiger partial charge in [0.15, 0.2) is 5.78 Å². The van der Waals surface area contributed by atoms with Crippen LogP contribution in [0.2, 0.25) is 0 Å². The Hall–Kier alpha value is -0.790. The third-order valence-electron chi connectivity index (χ3n) is 10.5. The fraction of sp³-hybridized carbons (Fsp3) is 0.889. The highest BCUT2D eigenvalue weighted by atomic mass is 16.3. The summed E-state index contributed by atoms with van der Waals surface area (Å²) in [7, 11) is 0. The van der Waals surface area contributed by atoms with Gasteiger partial charge in [0.2, 0.25) is 0 Å². The molecule has 0 unspecified atom stereocenters. The molecule has 3 saturated carbocycles. The van der Waals surface area contributed by atoms with Crippen LogP contribution in [-0.2, 0) is 4.79 Å². The maximum Gasteiger partial charge on any atom is 0.159 e. The van der Waals surface area contributed by atoms with E-state index in [1.807, 2.05) is 6.92 Å². The molecule has 0 aromatic heterocycles. The molecule has 6 nitrogen and oxygen atoms in total. The van der Waals surface area contributed by atoms with E-state index in [-0.39, 0.29) is 35.4 Å². The highest BCUT2D eigenvalue weighted by Gasteiger charge is 2.68. The summed E-state index contributed by atoms with van der Waals surface area (Å²) in [4.78, 5) is 13.2. The molecule has 0 aromatic rings. The molecule has 188 valence electrons. The van der Waals surface area contributed by atoms with Crippen molar-refractivity contribution in [3.05, 3.63) is 11.6 Å². The monoisotopic (exact) mass is 464 g/mol. The Morgan fingerprint density at radius 3 is 2.36 bits per heavy atom. The molecule has 4 rings (SSSR count). The first-order chi connectivity index (χ1) is 15.1. The van der Waals surface area contributed by atoms with Crippen LogP contribution in [-0.4, -0.2) is 60.3 Å². The second-order valence-corrected chi connectivity index (χ2v) is 13.0. The van der Waals surface area contributed by atoms with Crippen LogP contribution < -0.4 is 0 Å². The van der Waals surface area contributed by atoms with Crippen molar-refractivity contribution in [2.45, 2.75) is 121 Å². The van der Waals surface area contributed by atoms with Crippen LogP contribution in [0.3, 0.4) is 0 Å². The molecule has 0 bridgehead atoms. The molecule has 0 heterocycles. The quantitative estimate of drug-likeness (QED) is 0.427. The topological polar surface area (TPSA) is 118 Å². The molecule has 9 atom stereocenters. The van der Waals surface area contributed by atoms with Gasteiger partial charge in [-0.1, -0.05) is 13.8 Å². The van der Waals surface area contributed by atoms with Crippen LogP contribution >= 0.6 is 0 Å². The Bertz CT molecular complexity index is 827. The number of carbonyl (C=O) groups is 1. The van der Waals surface area contributed by atoms with Gasteiger partial charge in [-0.2, -0.15) is 0 Å². The molecule has 4 aliphatic carbocycles. The molecule has 5 N–H and O–H groups in total. The fourth-order valence-corrected chi connectivity index (χ4v) is 8.27. The average molecular weight is 465 g/mol. The lowest BCUT2D eigenvalue weighted by Crippen LogP contribution is -2.62. The first-order valence-electron chi connectivity index (χ1n) is 12.9. The zero-order chi connectivity index (χ0) is 24.6. The van der Waals surface area contributed by atoms with E-state index in [1.54, 1.807) is 26.8 Å². The SMILES string of the molecule is CC(C)(O)CC[C@@H](O)[C@](C)(O)[C@H]1CC[C@@]2(O)C3=CC(=O)[C@@H]4C[C@H](O)CC[C@]4(C)[C@@H]3CC[C@]12C. The maximum atomic E-state index is 13.2. The average Bonchev–Trinajstić information content (AvgIpc) is 2.99. The number of ketones is 1. The standard InChI is InChI=1S/C27H44O6/c1-23(2,31)10-9-22(30)26(5,32)21-8-13-27(33)18-15-20(29)19-14-16(28)6-11-24(19,3)17(18)7-12-25(21,27)4/h15-17,19,21-22,28,30-33H,6-14H2,1-5H3/t16-,17-,19+,21+,22-,24-,25-,26-,27-/m1/s1. The molecule has 0 radical (unpaired) electrons. The molecular weight excluding hydrogens is 420 g/mol. The Morgan fingerprint density at radius 2 is 1.73 bits per heavy atom. The normalized spacial score (nSPS) is 46.0. The zero-order valence-electron chi connectivity index (χ0n) is 21.0. The van der Waals surface area contributed by atoms with E-state index >= 15 is 0 Å². The minimum absolute atomic E-state index is 0.0144. The van der Waals surface area contributed by atoms with Crippen LogP contribution in [0.15, 0.2) is 11.6 Å². The predicted octanol–water partition coefficient (Wildman–Crippen LogP) is 2.88. The lowest BCUT2D eigenvalue weighted by atomic mass is 9.46. The summed E-state index contributed by atoms with van der Waals surface area (Å²) in [5.74, 6) is -0.426. The summed E-state index contributed by atoms with van der Waals surface area (Å²) in [6.07, 6.45) is 5.38. The number of aliphatic hydroxyl groups is 5. The number of hydrogen-bond donors (Lipinski definition) is 5. The predicted molar refractivity (Wildman–Crippen MR) is 125 cm³/mol. The summed E-state index contributed by atoms with van der Waals surface area (Å²) in [5.41, 5.74) is -3.64. The minimum atomic E-state index is -1.42. The van der Waals surface area contributed by atoms with Crippen LogP contribution in [0.25, 0.3) is 0 Å². The molecule has 0 saturated heterocycles. The summed E-state index contributed by atoms with van der Waals surface area (Å²) in [6, 6.07) is 0. The Balaban J connectivity index is 1.65. The molecule has 0 spiro atoms. The van der Waals surface area contributed by atoms with Crippen molar-refractivity contribution in [3.63, 3.8) is 0 Å². The van der Waals surface area contributed by atoms with E-state index in [2.05, 4.69) is 6.92 Å². The molecule has 3 fully saturated rings. The molecule has 0 amide bonds. The second kappa shape index (κ2) is 7.86. The Morgan fingerprint density at radius 1 is 1.06 bits per heavy atom. The van der Waals surface area contributed by atoms with Crippen LogP contribution in [0, 0.1) is 28.6 Å². The second-order valence-electron chi connectivity index (χ2n) is 13.0. The molecule has 4 aliphatic rings. The van der Waals surface area contributed by atoms with Crippen molar-refractivity contribution < 1.29 is 30.3 Å². The molecule has 33 heavy (non-hydrogen) atoms. The van der Waals surface area contributed by atoms with Gasteiger partial charge in [0, 0.05) is 11.3 Å². The third kappa shape index (κ3) is 3.76. The summed E-state index contributed by atoms with van der Waals surface area (Å²) in [6.45, 7) is 9.22. The van der Waals surface area contributed by atoms with Gasteiger partial charge in [0.05, 0.1) is 29.0 Å². The summed E-state index contributed by atoms with van der Waals surface area (Å²) < 4.78 is 0. The largest absolute Gasteiger partial charge is 0.393 e. The molecule has 6 heteroatoms. The van der Waals surface area contributed by atoms with E-state index in [0.29, 0.717) is 38.5 Å². The number of rotatable bonds is 5. The van der Waals surface area contributed by atoms with E-state index < -0.39 is 34.4 Å². The number of allylic oxidation sites excluding steroid dienone is 1. The minimum Gasteiger partial charge on any atom is -0.393 e. The molecular formula is C27H44O6. The third-order valence-corrected chi connectivity index (χ3v) is 10.5. The van der Waals surface area contributed by atoms with Crippen molar-refractivity contribution in [2.24, 2.45) is 28.6 Å². The van der Waals surface area contributed by atoms with Gasteiger partial charge in [-0.25, -0.2) is 0 Å². The van der Waals surface area contributed by atoms with E-state index in [1.165, 1.54) is 0 Å². The van der Waals surface area contributed by atoms with Crippen LogP contribution in [0.5, 0.6) is 0 Å². The first-order valence-corrected chi connectivity index (χ1v) is 12.9. The highest BCUT2D eigenvalue weighted by molar-refractivity contribution is 5.95. The molecule has 0 aliphatic heterocycles. The fourth-order valence-electron chi connectivity index (χ4n) is 8.27. The van der Waals surface area contributed by atoms with Gasteiger partial charge in [-0.3, -0.25) is 4.79 Å². The Kier molecular flexibility index (Phi) is 6.03. The van der Waals surface area contributed by atoms with Gasteiger partial charge < -0.3 is 25.5 Å². The lowest BCUT2D eigenvalue weighted by molar-refractivity contribution is -0.172. The highest BCUT2D eigenvalue weighted by Crippen LogP contribution is 2.68. The van der Waals surface area contributed by atoms with Gasteiger partial charge in [-0.05, 0) is 107 Å². The van der Waals surface area contributed by atoms with Gasteiger partial charge >= 0.3 is 0 Å².